The number of ether oxygens (including phenoxy) is 6. The van der Waals surface area contributed by atoms with Crippen molar-refractivity contribution in [2.75, 3.05) is 41.7 Å². The second-order valence-corrected chi connectivity index (χ2v) is 10.1. The molecule has 0 radical (unpaired) electrons. The highest BCUT2D eigenvalue weighted by Crippen LogP contribution is 2.46. The van der Waals surface area contributed by atoms with Crippen LogP contribution in [0.5, 0.6) is 23.0 Å². The van der Waals surface area contributed by atoms with Gasteiger partial charge in [0.1, 0.15) is 5.78 Å². The maximum Gasteiger partial charge on any atom is 0.175 e. The lowest BCUT2D eigenvalue weighted by atomic mass is 9.77. The van der Waals surface area contributed by atoms with Gasteiger partial charge in [0.15, 0.2) is 28.8 Å². The van der Waals surface area contributed by atoms with Crippen molar-refractivity contribution >= 4 is 5.78 Å². The van der Waals surface area contributed by atoms with Crippen molar-refractivity contribution in [3.63, 3.8) is 0 Å². The van der Waals surface area contributed by atoms with E-state index in [2.05, 4.69) is 19.2 Å². The molecule has 210 valence electrons. The number of benzene rings is 2. The quantitative estimate of drug-likeness (QED) is 0.424. The number of ketones is 1. The topological polar surface area (TPSA) is 72.5 Å². The maximum atomic E-state index is 12.0. The van der Waals surface area contributed by atoms with Crippen LogP contribution in [0.1, 0.15) is 35.1 Å². The summed E-state index contributed by atoms with van der Waals surface area (Å²) in [4.78, 5) is 12.0. The first-order chi connectivity index (χ1) is 18.9. The predicted octanol–water partition coefficient (Wildman–Crippen LogP) is 5.30. The number of rotatable bonds is 8. The van der Waals surface area contributed by atoms with E-state index in [-0.39, 0.29) is 17.6 Å². The van der Waals surface area contributed by atoms with Crippen molar-refractivity contribution in [2.45, 2.75) is 44.3 Å². The third-order valence-electron chi connectivity index (χ3n) is 7.95. The average Bonchev–Trinajstić information content (AvgIpc) is 3.42. The van der Waals surface area contributed by atoms with Crippen LogP contribution in [0, 0.1) is 11.8 Å². The van der Waals surface area contributed by atoms with Crippen molar-refractivity contribution in [2.24, 2.45) is 11.8 Å². The Morgan fingerprint density at radius 2 is 1.38 bits per heavy atom. The first-order valence-corrected chi connectivity index (χ1v) is 13.4. The zero-order chi connectivity index (χ0) is 28.0. The van der Waals surface area contributed by atoms with Gasteiger partial charge in [0.05, 0.1) is 41.7 Å². The summed E-state index contributed by atoms with van der Waals surface area (Å²) in [7, 11) is 6.61. The van der Waals surface area contributed by atoms with Crippen molar-refractivity contribution in [3.05, 3.63) is 71.8 Å². The molecule has 2 aromatic carbocycles. The smallest absolute Gasteiger partial charge is 0.175 e. The molecule has 7 nitrogen and oxygen atoms in total. The fraction of sp³-hybridized carbons (Fsp3) is 0.469. The molecule has 0 bridgehead atoms. The monoisotopic (exact) mass is 536 g/mol. The maximum absolute atomic E-state index is 12.0. The van der Waals surface area contributed by atoms with E-state index >= 15 is 0 Å². The molecular formula is C32H40O7. The third-order valence-corrected chi connectivity index (χ3v) is 7.95. The van der Waals surface area contributed by atoms with E-state index in [0.717, 1.165) is 59.8 Å². The van der Waals surface area contributed by atoms with Gasteiger partial charge >= 0.3 is 0 Å². The summed E-state index contributed by atoms with van der Waals surface area (Å²) in [5, 5.41) is 0. The lowest BCUT2D eigenvalue weighted by Crippen LogP contribution is -2.45. The number of hydrogen-bond acceptors (Lipinski definition) is 7. The Morgan fingerprint density at radius 1 is 0.821 bits per heavy atom. The molecule has 0 N–H and O–H groups in total. The minimum absolute atomic E-state index is 0.0241. The standard InChI is InChI=1S/C17H22O4.C15H18O3/c1-4-5-13-10-14-12(11-17(13)20-8-9-21-17)6-7-15(18-2)16(14)19-3;1-4-5-11-8-12-10(9-13(11)16)6-7-14(17-2)15(12)18-3/h4,6-7,13H,1,5,8-11H2,2-3H3;4,6-7,11H,1,5,8-9H2,2-3H3. The number of carbonyl (C=O) groups is 1. The van der Waals surface area contributed by atoms with Crippen molar-refractivity contribution in [3.8, 4) is 23.0 Å². The van der Waals surface area contributed by atoms with E-state index < -0.39 is 5.79 Å². The molecule has 2 atom stereocenters. The summed E-state index contributed by atoms with van der Waals surface area (Å²) in [6.45, 7) is 8.91. The molecule has 2 aliphatic carbocycles. The Kier molecular flexibility index (Phi) is 9.36. The second-order valence-electron chi connectivity index (χ2n) is 10.1. The molecule has 39 heavy (non-hydrogen) atoms. The normalized spacial score (nSPS) is 20.7. The summed E-state index contributed by atoms with van der Waals surface area (Å²) < 4.78 is 33.7. The molecule has 5 rings (SSSR count). The number of allylic oxidation sites excluding steroid dienone is 2. The number of hydrogen-bond donors (Lipinski definition) is 0. The van der Waals surface area contributed by atoms with Crippen LogP contribution in [0.15, 0.2) is 49.6 Å². The molecule has 0 amide bonds. The second kappa shape index (κ2) is 12.7. The van der Waals surface area contributed by atoms with Crippen LogP contribution in [0.25, 0.3) is 0 Å². The lowest BCUT2D eigenvalue weighted by molar-refractivity contribution is -0.198. The van der Waals surface area contributed by atoms with E-state index in [1.54, 1.807) is 34.5 Å². The summed E-state index contributed by atoms with van der Waals surface area (Å²) in [6, 6.07) is 7.86. The Balaban J connectivity index is 0.000000183. The zero-order valence-electron chi connectivity index (χ0n) is 23.5. The summed E-state index contributed by atoms with van der Waals surface area (Å²) in [5.41, 5.74) is 4.57. The first kappa shape index (κ1) is 28.7. The molecule has 2 unspecified atom stereocenters. The minimum atomic E-state index is -0.499. The third kappa shape index (κ3) is 5.70. The van der Waals surface area contributed by atoms with Gasteiger partial charge < -0.3 is 28.4 Å². The van der Waals surface area contributed by atoms with Gasteiger partial charge in [-0.2, -0.15) is 0 Å². The van der Waals surface area contributed by atoms with E-state index in [0.29, 0.717) is 26.1 Å². The summed E-state index contributed by atoms with van der Waals surface area (Å²) >= 11 is 0. The lowest BCUT2D eigenvalue weighted by Gasteiger charge is -2.40. The highest BCUT2D eigenvalue weighted by atomic mass is 16.7. The largest absolute Gasteiger partial charge is 0.493 e. The molecule has 0 aromatic heterocycles. The van der Waals surface area contributed by atoms with Crippen molar-refractivity contribution in [1.29, 1.82) is 0 Å². The highest BCUT2D eigenvalue weighted by Gasteiger charge is 2.47. The van der Waals surface area contributed by atoms with E-state index in [1.165, 1.54) is 11.1 Å². The van der Waals surface area contributed by atoms with Crippen LogP contribution in [-0.4, -0.2) is 53.2 Å². The van der Waals surface area contributed by atoms with E-state index in [9.17, 15) is 4.79 Å². The summed E-state index contributed by atoms with van der Waals surface area (Å²) in [6.07, 6.45) is 8.12. The van der Waals surface area contributed by atoms with Crippen molar-refractivity contribution < 1.29 is 33.2 Å². The first-order valence-electron chi connectivity index (χ1n) is 13.4. The Bertz CT molecular complexity index is 1200. The highest BCUT2D eigenvalue weighted by molar-refractivity contribution is 5.86. The molecule has 1 heterocycles. The average molecular weight is 537 g/mol. The number of carbonyl (C=O) groups excluding carboxylic acids is 1. The van der Waals surface area contributed by atoms with Crippen molar-refractivity contribution in [1.82, 2.24) is 0 Å². The van der Waals surface area contributed by atoms with Gasteiger partial charge in [-0.15, -0.1) is 13.2 Å². The van der Waals surface area contributed by atoms with Crippen LogP contribution >= 0.6 is 0 Å². The molecule has 1 saturated heterocycles. The van der Waals surface area contributed by atoms with E-state index in [1.807, 2.05) is 24.3 Å². The molecule has 2 aromatic rings. The molecule has 1 fully saturated rings. The molecular weight excluding hydrogens is 496 g/mol. The molecule has 0 saturated carbocycles. The fourth-order valence-corrected chi connectivity index (χ4v) is 6.03. The Labute approximate surface area is 231 Å². The fourth-order valence-electron chi connectivity index (χ4n) is 6.03. The van der Waals surface area contributed by atoms with Gasteiger partial charge in [-0.1, -0.05) is 24.3 Å². The van der Waals surface area contributed by atoms with Crippen LogP contribution in [0.4, 0.5) is 0 Å². The molecule has 7 heteroatoms. The Hall–Kier alpha value is -3.29. The van der Waals surface area contributed by atoms with Gasteiger partial charge in [0.2, 0.25) is 0 Å². The van der Waals surface area contributed by atoms with Gasteiger partial charge in [-0.05, 0) is 48.9 Å². The van der Waals surface area contributed by atoms with Crippen LogP contribution in [0.2, 0.25) is 0 Å². The number of fused-ring (bicyclic) bond motifs is 2. The SMILES string of the molecule is C=CCC1Cc2c(ccc(OC)c2OC)CC12OCCO2.C=CCC1Cc2c(ccc(OC)c2OC)CC1=O. The Morgan fingerprint density at radius 3 is 1.92 bits per heavy atom. The van der Waals surface area contributed by atoms with Crippen LogP contribution in [0.3, 0.4) is 0 Å². The molecule has 3 aliphatic rings. The number of methoxy groups -OCH3 is 4. The minimum Gasteiger partial charge on any atom is -0.493 e. The van der Waals surface area contributed by atoms with Gasteiger partial charge in [-0.25, -0.2) is 0 Å². The van der Waals surface area contributed by atoms with Gasteiger partial charge in [0.25, 0.3) is 0 Å². The predicted molar refractivity (Wildman–Crippen MR) is 150 cm³/mol. The summed E-state index contributed by atoms with van der Waals surface area (Å²) in [5.74, 6) is 3.16. The van der Waals surface area contributed by atoms with Crippen LogP contribution < -0.4 is 18.9 Å². The van der Waals surface area contributed by atoms with Gasteiger partial charge in [-0.3, -0.25) is 4.79 Å². The number of Topliss-reactive ketones (excluding diaryl/α,β-unsaturated/α-hetero) is 1. The van der Waals surface area contributed by atoms with Gasteiger partial charge in [0, 0.05) is 35.8 Å². The molecule has 1 aliphatic heterocycles. The van der Waals surface area contributed by atoms with Crippen LogP contribution in [-0.2, 0) is 40.0 Å². The molecule has 1 spiro atoms. The zero-order valence-corrected chi connectivity index (χ0v) is 23.5. The van der Waals surface area contributed by atoms with E-state index in [4.69, 9.17) is 28.4 Å².